The van der Waals surface area contributed by atoms with Crippen LogP contribution in [-0.4, -0.2) is 32.2 Å². The van der Waals surface area contributed by atoms with E-state index in [1.54, 1.807) is 0 Å². The van der Waals surface area contributed by atoms with Crippen molar-refractivity contribution in [1.82, 2.24) is 14.4 Å². The van der Waals surface area contributed by atoms with Gasteiger partial charge in [0.2, 0.25) is 0 Å². The quantitative estimate of drug-likeness (QED) is 0.390. The van der Waals surface area contributed by atoms with Gasteiger partial charge in [0.1, 0.15) is 23.5 Å². The minimum absolute atomic E-state index is 0.0899. The molecule has 5 nitrogen and oxygen atoms in total. The Morgan fingerprint density at radius 1 is 1.06 bits per heavy atom. The molecule has 2 aromatic carbocycles. The standard InChI is InChI=1S/C22H21F6N3O2S/c1-11(22(26,27)28)31-34(32,33)29-10-12-6-14(7-12)19-17-8-16(24)9-18(25)21(17)30-20(19)13-2-4-15(23)5-3-13/h2-5,8-9,11-12,14,29-31H,6-7,10H2,1H3. The van der Waals surface area contributed by atoms with E-state index in [0.717, 1.165) is 6.07 Å². The molecule has 1 aliphatic rings. The lowest BCUT2D eigenvalue weighted by Gasteiger charge is -2.36. The molecule has 4 rings (SSSR count). The van der Waals surface area contributed by atoms with Crippen molar-refractivity contribution >= 4 is 21.1 Å². The zero-order valence-electron chi connectivity index (χ0n) is 17.8. The molecule has 0 spiro atoms. The second-order valence-electron chi connectivity index (χ2n) is 8.50. The molecule has 0 saturated heterocycles. The van der Waals surface area contributed by atoms with Crippen LogP contribution in [0.1, 0.15) is 31.2 Å². The van der Waals surface area contributed by atoms with Crippen molar-refractivity contribution in [3.05, 3.63) is 59.4 Å². The number of H-pyrrole nitrogens is 1. The molecule has 0 amide bonds. The first-order valence-electron chi connectivity index (χ1n) is 10.4. The first-order chi connectivity index (χ1) is 15.8. The molecule has 0 bridgehead atoms. The lowest BCUT2D eigenvalue weighted by molar-refractivity contribution is -0.147. The fourth-order valence-corrected chi connectivity index (χ4v) is 5.35. The van der Waals surface area contributed by atoms with Crippen molar-refractivity contribution in [3.63, 3.8) is 0 Å². The number of alkyl halides is 3. The summed E-state index contributed by atoms with van der Waals surface area (Å²) in [6.07, 6.45) is -3.83. The topological polar surface area (TPSA) is 74.0 Å². The van der Waals surface area contributed by atoms with Crippen molar-refractivity contribution in [2.45, 2.75) is 37.9 Å². The molecule has 1 aliphatic carbocycles. The average molecular weight is 505 g/mol. The lowest BCUT2D eigenvalue weighted by atomic mass is 9.70. The lowest BCUT2D eigenvalue weighted by Crippen LogP contribution is -2.49. The average Bonchev–Trinajstić information content (AvgIpc) is 3.05. The number of hydrogen-bond donors (Lipinski definition) is 3. The summed E-state index contributed by atoms with van der Waals surface area (Å²) in [5.41, 5.74) is 1.80. The van der Waals surface area contributed by atoms with Gasteiger partial charge in [-0.15, -0.1) is 0 Å². The van der Waals surface area contributed by atoms with E-state index in [2.05, 4.69) is 9.71 Å². The number of benzene rings is 2. The monoisotopic (exact) mass is 505 g/mol. The molecule has 0 radical (unpaired) electrons. The number of nitrogens with one attached hydrogen (secondary N) is 3. The van der Waals surface area contributed by atoms with Crippen LogP contribution in [0, 0.1) is 23.4 Å². The molecule has 1 heterocycles. The maximum atomic E-state index is 14.4. The molecule has 0 aliphatic heterocycles. The van der Waals surface area contributed by atoms with Gasteiger partial charge in [-0.25, -0.2) is 17.9 Å². The van der Waals surface area contributed by atoms with Crippen molar-refractivity contribution < 1.29 is 34.8 Å². The summed E-state index contributed by atoms with van der Waals surface area (Å²) in [6, 6.07) is 5.23. The highest BCUT2D eigenvalue weighted by Gasteiger charge is 2.39. The fraction of sp³-hybridized carbons (Fsp3) is 0.364. The zero-order valence-corrected chi connectivity index (χ0v) is 18.6. The summed E-state index contributed by atoms with van der Waals surface area (Å²) >= 11 is 0. The largest absolute Gasteiger partial charge is 0.404 e. The fourth-order valence-electron chi connectivity index (χ4n) is 4.22. The van der Waals surface area contributed by atoms with Gasteiger partial charge in [-0.05, 0) is 73.1 Å². The van der Waals surface area contributed by atoms with E-state index in [1.807, 2.05) is 0 Å². The minimum Gasteiger partial charge on any atom is -0.352 e. The van der Waals surface area contributed by atoms with E-state index >= 15 is 0 Å². The van der Waals surface area contributed by atoms with Gasteiger partial charge in [-0.3, -0.25) is 0 Å². The summed E-state index contributed by atoms with van der Waals surface area (Å²) in [5.74, 6) is -2.37. The molecule has 12 heteroatoms. The number of hydrogen-bond acceptors (Lipinski definition) is 2. The Hall–Kier alpha value is -2.57. The molecule has 3 aromatic rings. The van der Waals surface area contributed by atoms with E-state index in [1.165, 1.54) is 35.1 Å². The highest BCUT2D eigenvalue weighted by molar-refractivity contribution is 7.87. The Morgan fingerprint density at radius 2 is 1.71 bits per heavy atom. The smallest absolute Gasteiger partial charge is 0.352 e. The van der Waals surface area contributed by atoms with Gasteiger partial charge in [0.05, 0.1) is 11.2 Å². The van der Waals surface area contributed by atoms with Gasteiger partial charge in [-0.1, -0.05) is 0 Å². The van der Waals surface area contributed by atoms with E-state index in [0.29, 0.717) is 42.0 Å². The zero-order chi connectivity index (χ0) is 24.8. The van der Waals surface area contributed by atoms with Gasteiger partial charge < -0.3 is 4.98 Å². The molecular weight excluding hydrogens is 484 g/mol. The Morgan fingerprint density at radius 3 is 2.32 bits per heavy atom. The molecule has 1 fully saturated rings. The normalized spacial score (nSPS) is 19.9. The van der Waals surface area contributed by atoms with E-state index in [4.69, 9.17) is 0 Å². The molecule has 1 atom stereocenters. The third kappa shape index (κ3) is 5.08. The number of aromatic amines is 1. The van der Waals surface area contributed by atoms with E-state index in [9.17, 15) is 34.8 Å². The summed E-state index contributed by atoms with van der Waals surface area (Å²) in [6.45, 7) is 0.609. The highest BCUT2D eigenvalue weighted by atomic mass is 32.2. The number of rotatable bonds is 7. The molecule has 1 unspecified atom stereocenters. The Balaban J connectivity index is 1.53. The second-order valence-corrected chi connectivity index (χ2v) is 10.0. The van der Waals surface area contributed by atoms with Crippen LogP contribution >= 0.6 is 0 Å². The predicted molar refractivity (Wildman–Crippen MR) is 115 cm³/mol. The molecule has 3 N–H and O–H groups in total. The number of halogens is 6. The summed E-state index contributed by atoms with van der Waals surface area (Å²) in [5, 5.41) is 0.335. The third-order valence-electron chi connectivity index (χ3n) is 6.03. The van der Waals surface area contributed by atoms with Gasteiger partial charge >= 0.3 is 6.18 Å². The van der Waals surface area contributed by atoms with E-state index < -0.39 is 39.9 Å². The van der Waals surface area contributed by atoms with Crippen LogP contribution in [0.15, 0.2) is 36.4 Å². The van der Waals surface area contributed by atoms with Gasteiger partial charge in [-0.2, -0.15) is 26.3 Å². The highest BCUT2D eigenvalue weighted by Crippen LogP contribution is 2.48. The van der Waals surface area contributed by atoms with Gasteiger partial charge in [0, 0.05) is 18.0 Å². The van der Waals surface area contributed by atoms with Crippen LogP contribution in [-0.2, 0) is 10.2 Å². The van der Waals surface area contributed by atoms with Crippen LogP contribution < -0.4 is 9.44 Å². The molecule has 184 valence electrons. The van der Waals surface area contributed by atoms with Crippen LogP contribution in [0.4, 0.5) is 26.3 Å². The maximum Gasteiger partial charge on any atom is 0.404 e. The van der Waals surface area contributed by atoms with Gasteiger partial charge in [0.25, 0.3) is 10.2 Å². The van der Waals surface area contributed by atoms with E-state index in [-0.39, 0.29) is 23.9 Å². The van der Waals surface area contributed by atoms with Crippen LogP contribution in [0.25, 0.3) is 22.2 Å². The first kappa shape index (κ1) is 24.6. The number of fused-ring (bicyclic) bond motifs is 1. The predicted octanol–water partition coefficient (Wildman–Crippen LogP) is 5.12. The third-order valence-corrected chi connectivity index (χ3v) is 7.24. The van der Waals surface area contributed by atoms with Crippen LogP contribution in [0.3, 0.4) is 0 Å². The summed E-state index contributed by atoms with van der Waals surface area (Å²) in [7, 11) is -4.37. The first-order valence-corrected chi connectivity index (χ1v) is 11.9. The minimum atomic E-state index is -4.72. The molecule has 1 saturated carbocycles. The maximum absolute atomic E-state index is 14.4. The van der Waals surface area contributed by atoms with Crippen molar-refractivity contribution in [2.24, 2.45) is 5.92 Å². The van der Waals surface area contributed by atoms with Crippen LogP contribution in [0.5, 0.6) is 0 Å². The number of aromatic nitrogens is 1. The summed E-state index contributed by atoms with van der Waals surface area (Å²) < 4.78 is 107. The molecule has 34 heavy (non-hydrogen) atoms. The van der Waals surface area contributed by atoms with Crippen molar-refractivity contribution in [3.8, 4) is 11.3 Å². The van der Waals surface area contributed by atoms with Gasteiger partial charge in [0.15, 0.2) is 0 Å². The Bertz CT molecular complexity index is 1300. The Labute approximate surface area is 191 Å². The molecular formula is C22H21F6N3O2S. The second kappa shape index (κ2) is 8.90. The molecule has 1 aromatic heterocycles. The van der Waals surface area contributed by atoms with Crippen molar-refractivity contribution in [1.29, 1.82) is 0 Å². The summed E-state index contributed by atoms with van der Waals surface area (Å²) in [4.78, 5) is 2.96. The Kier molecular flexibility index (Phi) is 6.42. The van der Waals surface area contributed by atoms with Crippen molar-refractivity contribution in [2.75, 3.05) is 6.54 Å². The SMILES string of the molecule is CC(NS(=O)(=O)NCC1CC(c2c(-c3ccc(F)cc3)[nH]c3c(F)cc(F)cc23)C1)C(F)(F)F. The van der Waals surface area contributed by atoms with Crippen LogP contribution in [0.2, 0.25) is 0 Å².